The van der Waals surface area contributed by atoms with Crippen LogP contribution in [0.1, 0.15) is 10.5 Å². The first kappa shape index (κ1) is 13.0. The molecule has 0 unspecified atom stereocenters. The number of carbonyl (C=O) groups excluding carboxylic acids is 1. The molecule has 0 aliphatic heterocycles. The number of hydrogen-bond donors (Lipinski definition) is 1. The van der Waals surface area contributed by atoms with Gasteiger partial charge in [-0.2, -0.15) is 9.78 Å². The summed E-state index contributed by atoms with van der Waals surface area (Å²) in [5.41, 5.74) is -0.375. The van der Waals surface area contributed by atoms with E-state index in [4.69, 9.17) is 0 Å². The van der Waals surface area contributed by atoms with Crippen LogP contribution in [0.15, 0.2) is 41.3 Å². The fourth-order valence-electron chi connectivity index (χ4n) is 2.08. The minimum Gasteiger partial charge on any atom is -0.464 e. The number of nitrogens with one attached hydrogen (secondary N) is 1. The molecule has 6 nitrogen and oxygen atoms in total. The largest absolute Gasteiger partial charge is 0.464 e. The van der Waals surface area contributed by atoms with Crippen LogP contribution in [0.4, 0.5) is 4.39 Å². The van der Waals surface area contributed by atoms with Gasteiger partial charge < -0.3 is 9.72 Å². The first-order valence-electron chi connectivity index (χ1n) is 6.07. The lowest BCUT2D eigenvalue weighted by Gasteiger charge is -2.08. The third kappa shape index (κ3) is 1.99. The number of fused-ring (bicyclic) bond motifs is 1. The normalized spacial score (nSPS) is 10.8. The van der Waals surface area contributed by atoms with Crippen LogP contribution in [0, 0.1) is 5.82 Å². The van der Waals surface area contributed by atoms with E-state index in [-0.39, 0.29) is 22.3 Å². The van der Waals surface area contributed by atoms with Gasteiger partial charge in [-0.05, 0) is 18.2 Å². The van der Waals surface area contributed by atoms with Gasteiger partial charge in [-0.1, -0.05) is 12.1 Å². The molecule has 21 heavy (non-hydrogen) atoms. The molecule has 0 radical (unpaired) electrons. The van der Waals surface area contributed by atoms with Gasteiger partial charge in [0.25, 0.3) is 5.56 Å². The molecule has 0 fully saturated rings. The van der Waals surface area contributed by atoms with E-state index in [0.717, 1.165) is 4.68 Å². The maximum Gasteiger partial charge on any atom is 0.360 e. The Morgan fingerprint density at radius 1 is 1.33 bits per heavy atom. The first-order chi connectivity index (χ1) is 10.1. The highest BCUT2D eigenvalue weighted by Crippen LogP contribution is 2.15. The summed E-state index contributed by atoms with van der Waals surface area (Å²) in [5.74, 6) is -1.33. The summed E-state index contributed by atoms with van der Waals surface area (Å²) < 4.78 is 19.4. The number of halogens is 1. The van der Waals surface area contributed by atoms with Gasteiger partial charge in [-0.3, -0.25) is 4.79 Å². The predicted molar refractivity (Wildman–Crippen MR) is 73.0 cm³/mol. The molecule has 106 valence electrons. The average molecular weight is 287 g/mol. The zero-order chi connectivity index (χ0) is 15.0. The number of aromatic amines is 1. The minimum atomic E-state index is -0.715. The number of methoxy groups -OCH3 is 1. The van der Waals surface area contributed by atoms with Gasteiger partial charge in [-0.25, -0.2) is 9.18 Å². The molecule has 2 heterocycles. The van der Waals surface area contributed by atoms with E-state index in [2.05, 4.69) is 14.8 Å². The highest BCUT2D eigenvalue weighted by molar-refractivity contribution is 6.00. The lowest BCUT2D eigenvalue weighted by atomic mass is 10.2. The maximum absolute atomic E-state index is 13.9. The number of para-hydroxylation sites is 1. The number of benzene rings is 1. The highest BCUT2D eigenvalue weighted by atomic mass is 19.1. The summed E-state index contributed by atoms with van der Waals surface area (Å²) in [6.07, 6.45) is 1.51. The highest BCUT2D eigenvalue weighted by Gasteiger charge is 2.19. The predicted octanol–water partition coefficient (Wildman–Crippen LogP) is 1.64. The standard InChI is InChI=1S/C14H10FN3O3/c1-21-14(20)12-11-8(6-7-16-11)13(19)18(17-12)10-5-3-2-4-9(10)15/h2-7,16H,1H3. The molecule has 0 spiro atoms. The summed E-state index contributed by atoms with van der Waals surface area (Å²) in [5, 5.41) is 4.16. The molecule has 1 N–H and O–H groups in total. The quantitative estimate of drug-likeness (QED) is 0.727. The van der Waals surface area contributed by atoms with Crippen molar-refractivity contribution in [2.75, 3.05) is 7.11 Å². The molecule has 0 saturated carbocycles. The number of H-pyrrole nitrogens is 1. The Morgan fingerprint density at radius 2 is 2.10 bits per heavy atom. The lowest BCUT2D eigenvalue weighted by molar-refractivity contribution is 0.0594. The van der Waals surface area contributed by atoms with Gasteiger partial charge in [-0.15, -0.1) is 0 Å². The van der Waals surface area contributed by atoms with Gasteiger partial charge in [0, 0.05) is 6.20 Å². The van der Waals surface area contributed by atoms with Crippen LogP contribution >= 0.6 is 0 Å². The number of ether oxygens (including phenoxy) is 1. The summed E-state index contributed by atoms with van der Waals surface area (Å²) >= 11 is 0. The van der Waals surface area contributed by atoms with E-state index >= 15 is 0 Å². The zero-order valence-corrected chi connectivity index (χ0v) is 11.0. The lowest BCUT2D eigenvalue weighted by Crippen LogP contribution is -2.25. The van der Waals surface area contributed by atoms with Gasteiger partial charge in [0.2, 0.25) is 0 Å². The molecule has 0 aliphatic rings. The van der Waals surface area contributed by atoms with Gasteiger partial charge >= 0.3 is 5.97 Å². The maximum atomic E-state index is 13.9. The Kier molecular flexibility index (Phi) is 3.02. The van der Waals surface area contributed by atoms with Crippen LogP contribution in [0.5, 0.6) is 0 Å². The smallest absolute Gasteiger partial charge is 0.360 e. The van der Waals surface area contributed by atoms with Crippen LogP contribution in [0.3, 0.4) is 0 Å². The minimum absolute atomic E-state index is 0.0317. The zero-order valence-electron chi connectivity index (χ0n) is 11.0. The van der Waals surface area contributed by atoms with Crippen LogP contribution in [-0.4, -0.2) is 27.8 Å². The van der Waals surface area contributed by atoms with E-state index in [1.165, 1.54) is 37.6 Å². The number of aromatic nitrogens is 3. The molecule has 3 aromatic rings. The second-order valence-electron chi connectivity index (χ2n) is 4.27. The second kappa shape index (κ2) is 4.86. The average Bonchev–Trinajstić information content (AvgIpc) is 2.98. The molecule has 0 aliphatic carbocycles. The number of nitrogens with zero attached hydrogens (tertiary/aromatic N) is 2. The Hall–Kier alpha value is -2.96. The van der Waals surface area contributed by atoms with Crippen molar-refractivity contribution in [1.82, 2.24) is 14.8 Å². The fraction of sp³-hybridized carbons (Fsp3) is 0.0714. The van der Waals surface area contributed by atoms with Crippen molar-refractivity contribution in [1.29, 1.82) is 0 Å². The monoisotopic (exact) mass is 287 g/mol. The summed E-state index contributed by atoms with van der Waals surface area (Å²) in [7, 11) is 1.21. The molecule has 0 amide bonds. The fourth-order valence-corrected chi connectivity index (χ4v) is 2.08. The first-order valence-corrected chi connectivity index (χ1v) is 6.07. The van der Waals surface area contributed by atoms with Gasteiger partial charge in [0.1, 0.15) is 11.5 Å². The number of hydrogen-bond acceptors (Lipinski definition) is 4. The van der Waals surface area contributed by atoms with E-state index in [9.17, 15) is 14.0 Å². The van der Waals surface area contributed by atoms with E-state index in [1.807, 2.05) is 0 Å². The summed E-state index contributed by atoms with van der Waals surface area (Å²) in [4.78, 5) is 26.9. The van der Waals surface area contributed by atoms with E-state index in [0.29, 0.717) is 0 Å². The van der Waals surface area contributed by atoms with Gasteiger partial charge in [0.05, 0.1) is 18.0 Å². The molecule has 0 saturated heterocycles. The number of carbonyl (C=O) groups is 1. The topological polar surface area (TPSA) is 77.0 Å². The van der Waals surface area contributed by atoms with Crippen LogP contribution in [-0.2, 0) is 4.74 Å². The van der Waals surface area contributed by atoms with Crippen LogP contribution in [0.25, 0.3) is 16.6 Å². The van der Waals surface area contributed by atoms with Crippen molar-refractivity contribution in [3.63, 3.8) is 0 Å². The Balaban J connectivity index is 2.39. The second-order valence-corrected chi connectivity index (χ2v) is 4.27. The third-order valence-electron chi connectivity index (χ3n) is 3.07. The van der Waals surface area contributed by atoms with Gasteiger partial charge in [0.15, 0.2) is 5.69 Å². The van der Waals surface area contributed by atoms with E-state index in [1.54, 1.807) is 6.07 Å². The van der Waals surface area contributed by atoms with Crippen molar-refractivity contribution in [3.05, 3.63) is 58.4 Å². The molecular formula is C14H10FN3O3. The number of rotatable bonds is 2. The van der Waals surface area contributed by atoms with Crippen LogP contribution < -0.4 is 5.56 Å². The Labute approximate surface area is 117 Å². The van der Waals surface area contributed by atoms with Crippen molar-refractivity contribution in [2.45, 2.75) is 0 Å². The van der Waals surface area contributed by atoms with E-state index < -0.39 is 17.3 Å². The molecule has 7 heteroatoms. The van der Waals surface area contributed by atoms with Crippen molar-refractivity contribution >= 4 is 16.9 Å². The van der Waals surface area contributed by atoms with Crippen molar-refractivity contribution < 1.29 is 13.9 Å². The SMILES string of the molecule is COC(=O)c1nn(-c2ccccc2F)c(=O)c2cc[nH]c12. The summed E-state index contributed by atoms with van der Waals surface area (Å²) in [6.45, 7) is 0. The molecule has 2 aromatic heterocycles. The van der Waals surface area contributed by atoms with Crippen molar-refractivity contribution in [3.8, 4) is 5.69 Å². The summed E-state index contributed by atoms with van der Waals surface area (Å²) in [6, 6.07) is 7.20. The van der Waals surface area contributed by atoms with Crippen molar-refractivity contribution in [2.24, 2.45) is 0 Å². The molecule has 1 aromatic carbocycles. The molecular weight excluding hydrogens is 277 g/mol. The Bertz CT molecular complexity index is 898. The molecule has 3 rings (SSSR count). The van der Waals surface area contributed by atoms with Crippen LogP contribution in [0.2, 0.25) is 0 Å². The third-order valence-corrected chi connectivity index (χ3v) is 3.07. The number of esters is 1. The Morgan fingerprint density at radius 3 is 2.81 bits per heavy atom. The molecule has 0 atom stereocenters. The molecule has 0 bridgehead atoms.